The van der Waals surface area contributed by atoms with Crippen LogP contribution in [0.25, 0.3) is 0 Å². The van der Waals surface area contributed by atoms with E-state index in [1.165, 1.54) is 22.7 Å². The Labute approximate surface area is 110 Å². The minimum Gasteiger partial charge on any atom is -0.463 e. The molecule has 94 valence electrons. The van der Waals surface area contributed by atoms with Crippen LogP contribution < -0.4 is 0 Å². The number of benzene rings is 1. The summed E-state index contributed by atoms with van der Waals surface area (Å²) in [7, 11) is 1.65. The van der Waals surface area contributed by atoms with Crippen molar-refractivity contribution >= 4 is 23.6 Å². The third kappa shape index (κ3) is 2.41. The number of thioether (sulfide) groups is 1. The Balaban J connectivity index is 2.32. The molecule has 1 heterocycles. The van der Waals surface area contributed by atoms with Crippen molar-refractivity contribution in [1.29, 1.82) is 0 Å². The van der Waals surface area contributed by atoms with Crippen LogP contribution in [0.15, 0.2) is 40.3 Å². The summed E-state index contributed by atoms with van der Waals surface area (Å²) < 4.78 is 4.85. The summed E-state index contributed by atoms with van der Waals surface area (Å²) in [6.07, 6.45) is 1.35. The van der Waals surface area contributed by atoms with E-state index in [0.717, 1.165) is 4.90 Å². The minimum atomic E-state index is -0.431. The second kappa shape index (κ2) is 5.27. The Morgan fingerprint density at radius 1 is 1.44 bits per heavy atom. The van der Waals surface area contributed by atoms with Crippen molar-refractivity contribution in [3.63, 3.8) is 0 Å². The molecule has 1 aromatic rings. The molecule has 2 rings (SSSR count). The zero-order chi connectivity index (χ0) is 13.1. The summed E-state index contributed by atoms with van der Waals surface area (Å²) in [4.78, 5) is 25.8. The molecule has 0 bridgehead atoms. The molecule has 1 aromatic carbocycles. The van der Waals surface area contributed by atoms with E-state index in [1.807, 2.05) is 18.2 Å². The zero-order valence-electron chi connectivity index (χ0n) is 10.2. The number of esters is 1. The lowest BCUT2D eigenvalue weighted by Gasteiger charge is -2.26. The monoisotopic (exact) mass is 263 g/mol. The summed E-state index contributed by atoms with van der Waals surface area (Å²) in [6.45, 7) is 2.07. The average molecular weight is 263 g/mol. The topological polar surface area (TPSA) is 46.6 Å². The molecule has 0 unspecified atom stereocenters. The van der Waals surface area contributed by atoms with Crippen molar-refractivity contribution in [3.8, 4) is 0 Å². The average Bonchev–Trinajstić information content (AvgIpc) is 2.36. The lowest BCUT2D eigenvalue weighted by molar-refractivity contribution is -0.137. The van der Waals surface area contributed by atoms with E-state index in [9.17, 15) is 9.59 Å². The van der Waals surface area contributed by atoms with E-state index in [-0.39, 0.29) is 5.91 Å². The van der Waals surface area contributed by atoms with Gasteiger partial charge in [-0.05, 0) is 19.1 Å². The van der Waals surface area contributed by atoms with Gasteiger partial charge in [0.15, 0.2) is 0 Å². The first-order valence-electron chi connectivity index (χ1n) is 5.57. The molecule has 0 fully saturated rings. The van der Waals surface area contributed by atoms with E-state index < -0.39 is 5.97 Å². The summed E-state index contributed by atoms with van der Waals surface area (Å²) in [5, 5.41) is 0.581. The maximum absolute atomic E-state index is 12.1. The molecule has 4 nitrogen and oxygen atoms in total. The Morgan fingerprint density at radius 3 is 2.89 bits per heavy atom. The Hall–Kier alpha value is -1.75. The van der Waals surface area contributed by atoms with Crippen LogP contribution in [0.3, 0.4) is 0 Å². The van der Waals surface area contributed by atoms with E-state index in [2.05, 4.69) is 0 Å². The molecule has 1 aliphatic heterocycles. The fourth-order valence-corrected chi connectivity index (χ4v) is 2.62. The van der Waals surface area contributed by atoms with Gasteiger partial charge in [0.05, 0.1) is 23.3 Å². The van der Waals surface area contributed by atoms with E-state index in [4.69, 9.17) is 4.74 Å². The van der Waals surface area contributed by atoms with Gasteiger partial charge in [0, 0.05) is 11.9 Å². The van der Waals surface area contributed by atoms with Gasteiger partial charge in [-0.1, -0.05) is 23.9 Å². The van der Waals surface area contributed by atoms with Crippen molar-refractivity contribution in [1.82, 2.24) is 4.90 Å². The molecule has 0 aromatic heterocycles. The van der Waals surface area contributed by atoms with Crippen LogP contribution in [0, 0.1) is 0 Å². The predicted molar refractivity (Wildman–Crippen MR) is 69.1 cm³/mol. The summed E-state index contributed by atoms with van der Waals surface area (Å²) in [5.41, 5.74) is 0.658. The first-order chi connectivity index (χ1) is 8.63. The van der Waals surface area contributed by atoms with Crippen LogP contribution in [0.5, 0.6) is 0 Å². The van der Waals surface area contributed by atoms with Gasteiger partial charge in [-0.15, -0.1) is 0 Å². The molecule has 0 saturated heterocycles. The van der Waals surface area contributed by atoms with Gasteiger partial charge < -0.3 is 9.64 Å². The molecule has 0 radical (unpaired) electrons. The molecular weight excluding hydrogens is 250 g/mol. The Kier molecular flexibility index (Phi) is 3.72. The first-order valence-corrected chi connectivity index (χ1v) is 6.38. The molecule has 1 amide bonds. The van der Waals surface area contributed by atoms with E-state index >= 15 is 0 Å². The number of amides is 1. The van der Waals surface area contributed by atoms with E-state index in [0.29, 0.717) is 17.2 Å². The van der Waals surface area contributed by atoms with Crippen molar-refractivity contribution < 1.29 is 14.3 Å². The number of hydrogen-bond donors (Lipinski definition) is 0. The lowest BCUT2D eigenvalue weighted by Crippen LogP contribution is -2.29. The summed E-state index contributed by atoms with van der Waals surface area (Å²) >= 11 is 1.39. The Bertz CT molecular complexity index is 525. The highest BCUT2D eigenvalue weighted by Crippen LogP contribution is 2.37. The maximum atomic E-state index is 12.1. The number of ether oxygens (including phenoxy) is 1. The first kappa shape index (κ1) is 12.7. The van der Waals surface area contributed by atoms with Gasteiger partial charge in [0.2, 0.25) is 0 Å². The van der Waals surface area contributed by atoms with Crippen molar-refractivity contribution in [2.24, 2.45) is 0 Å². The quantitative estimate of drug-likeness (QED) is 0.606. The van der Waals surface area contributed by atoms with Crippen LogP contribution in [0.2, 0.25) is 0 Å². The van der Waals surface area contributed by atoms with Gasteiger partial charge in [0.25, 0.3) is 5.91 Å². The molecule has 18 heavy (non-hydrogen) atoms. The largest absolute Gasteiger partial charge is 0.463 e. The Morgan fingerprint density at radius 2 is 2.17 bits per heavy atom. The van der Waals surface area contributed by atoms with Crippen LogP contribution >= 0.6 is 11.8 Å². The lowest BCUT2D eigenvalue weighted by atomic mass is 10.2. The highest BCUT2D eigenvalue weighted by atomic mass is 32.2. The van der Waals surface area contributed by atoms with Gasteiger partial charge in [0.1, 0.15) is 0 Å². The summed E-state index contributed by atoms with van der Waals surface area (Å²) in [6, 6.07) is 7.34. The van der Waals surface area contributed by atoms with Crippen molar-refractivity contribution in [2.45, 2.75) is 11.8 Å². The van der Waals surface area contributed by atoms with Gasteiger partial charge >= 0.3 is 5.97 Å². The fourth-order valence-electron chi connectivity index (χ4n) is 1.61. The van der Waals surface area contributed by atoms with Crippen LogP contribution in [-0.4, -0.2) is 30.4 Å². The maximum Gasteiger partial charge on any atom is 0.333 e. The normalized spacial score (nSPS) is 16.7. The standard InChI is InChI=1S/C13H13NO3S/c1-3-17-12(15)8-11-14(2)13(16)9-6-4-5-7-10(9)18-11/h4-8H,3H2,1-2H3/b11-8-. The molecule has 0 atom stereocenters. The fraction of sp³-hybridized carbons (Fsp3) is 0.231. The summed E-state index contributed by atoms with van der Waals surface area (Å²) in [5.74, 6) is -0.543. The van der Waals surface area contributed by atoms with Gasteiger partial charge in [-0.2, -0.15) is 0 Å². The molecule has 0 aliphatic carbocycles. The molecule has 0 N–H and O–H groups in total. The number of hydrogen-bond acceptors (Lipinski definition) is 4. The number of nitrogens with zero attached hydrogens (tertiary/aromatic N) is 1. The predicted octanol–water partition coefficient (Wildman–Crippen LogP) is 2.27. The van der Waals surface area contributed by atoms with Crippen LogP contribution in [0.4, 0.5) is 0 Å². The number of carbonyl (C=O) groups is 2. The van der Waals surface area contributed by atoms with E-state index in [1.54, 1.807) is 20.0 Å². The zero-order valence-corrected chi connectivity index (χ0v) is 11.0. The second-order valence-electron chi connectivity index (χ2n) is 3.70. The molecule has 0 spiro atoms. The SMILES string of the molecule is CCOC(=O)/C=C1\Sc2ccccc2C(=O)N1C. The second-order valence-corrected chi connectivity index (χ2v) is 4.76. The highest BCUT2D eigenvalue weighted by molar-refractivity contribution is 8.03. The molecule has 0 saturated carbocycles. The smallest absolute Gasteiger partial charge is 0.333 e. The molecular formula is C13H13NO3S. The van der Waals surface area contributed by atoms with Crippen LogP contribution in [-0.2, 0) is 9.53 Å². The molecule has 1 aliphatic rings. The number of rotatable bonds is 2. The minimum absolute atomic E-state index is 0.111. The van der Waals surface area contributed by atoms with Crippen molar-refractivity contribution in [2.75, 3.05) is 13.7 Å². The molecule has 5 heteroatoms. The van der Waals surface area contributed by atoms with Gasteiger partial charge in [-0.3, -0.25) is 4.79 Å². The highest BCUT2D eigenvalue weighted by Gasteiger charge is 2.26. The van der Waals surface area contributed by atoms with Crippen molar-refractivity contribution in [3.05, 3.63) is 40.9 Å². The third-order valence-electron chi connectivity index (χ3n) is 2.50. The van der Waals surface area contributed by atoms with Gasteiger partial charge in [-0.25, -0.2) is 4.79 Å². The number of fused-ring (bicyclic) bond motifs is 1. The number of carbonyl (C=O) groups excluding carboxylic acids is 2. The van der Waals surface area contributed by atoms with Crippen LogP contribution in [0.1, 0.15) is 17.3 Å². The third-order valence-corrected chi connectivity index (χ3v) is 3.67.